The van der Waals surface area contributed by atoms with Crippen LogP contribution in [-0.2, 0) is 11.3 Å². The maximum Gasteiger partial charge on any atom is 0.323 e. The van der Waals surface area contributed by atoms with Crippen LogP contribution in [0.1, 0.15) is 5.56 Å². The van der Waals surface area contributed by atoms with Gasteiger partial charge in [0, 0.05) is 16.6 Å². The van der Waals surface area contributed by atoms with Crippen LogP contribution in [0.3, 0.4) is 0 Å². The van der Waals surface area contributed by atoms with Gasteiger partial charge >= 0.3 is 12.0 Å². The Morgan fingerprint density at radius 2 is 1.94 bits per heavy atom. The molecule has 1 aromatic rings. The lowest BCUT2D eigenvalue weighted by molar-refractivity contribution is -0.135. The molecule has 0 aliphatic rings. The lowest BCUT2D eigenvalue weighted by Gasteiger charge is -2.07. The predicted octanol–water partition coefficient (Wildman–Crippen LogP) is 1.88. The van der Waals surface area contributed by atoms with Crippen LogP contribution in [0, 0.1) is 0 Å². The molecule has 0 unspecified atom stereocenters. The van der Waals surface area contributed by atoms with E-state index in [1.165, 1.54) is 0 Å². The monoisotopic (exact) mass is 276 g/mol. The van der Waals surface area contributed by atoms with Crippen LogP contribution < -0.4 is 10.6 Å². The molecule has 0 saturated carbocycles. The number of benzene rings is 1. The van der Waals surface area contributed by atoms with Crippen LogP contribution in [0.4, 0.5) is 4.79 Å². The Bertz CT molecular complexity index is 438. The minimum absolute atomic E-state index is 0.171. The van der Waals surface area contributed by atoms with Crippen molar-refractivity contribution in [2.24, 2.45) is 0 Å². The van der Waals surface area contributed by atoms with Gasteiger partial charge in [0.1, 0.15) is 6.54 Å². The van der Waals surface area contributed by atoms with Crippen molar-refractivity contribution in [3.8, 4) is 0 Å². The summed E-state index contributed by atoms with van der Waals surface area (Å²) in [7, 11) is 0. The van der Waals surface area contributed by atoms with Gasteiger partial charge in [0.15, 0.2) is 0 Å². The molecule has 1 aromatic carbocycles. The van der Waals surface area contributed by atoms with Gasteiger partial charge in [-0.2, -0.15) is 0 Å². The van der Waals surface area contributed by atoms with Crippen LogP contribution in [0.2, 0.25) is 10.0 Å². The number of halogens is 2. The van der Waals surface area contributed by atoms with Crippen LogP contribution in [0.25, 0.3) is 0 Å². The molecule has 0 bridgehead atoms. The lowest BCUT2D eigenvalue weighted by Crippen LogP contribution is -2.38. The molecule has 0 atom stereocenters. The van der Waals surface area contributed by atoms with Crippen molar-refractivity contribution in [1.82, 2.24) is 10.6 Å². The first-order valence-corrected chi connectivity index (χ1v) is 5.42. The van der Waals surface area contributed by atoms with Gasteiger partial charge in [-0.05, 0) is 23.8 Å². The number of rotatable bonds is 4. The van der Waals surface area contributed by atoms with Gasteiger partial charge in [0.2, 0.25) is 0 Å². The Hall–Kier alpha value is -1.46. The first-order chi connectivity index (χ1) is 7.99. The average molecular weight is 277 g/mol. The molecule has 0 heterocycles. The van der Waals surface area contributed by atoms with E-state index < -0.39 is 18.5 Å². The van der Waals surface area contributed by atoms with E-state index in [1.54, 1.807) is 18.2 Å². The second kappa shape index (κ2) is 6.32. The van der Waals surface area contributed by atoms with E-state index in [2.05, 4.69) is 10.6 Å². The summed E-state index contributed by atoms with van der Waals surface area (Å²) in [6, 6.07) is 4.30. The molecular formula is C10H10Cl2N2O3. The summed E-state index contributed by atoms with van der Waals surface area (Å²) in [6.45, 7) is -0.264. The maximum atomic E-state index is 11.2. The van der Waals surface area contributed by atoms with Crippen molar-refractivity contribution in [1.29, 1.82) is 0 Å². The van der Waals surface area contributed by atoms with Gasteiger partial charge < -0.3 is 15.7 Å². The number of carbonyl (C=O) groups excluding carboxylic acids is 1. The second-order valence-electron chi connectivity index (χ2n) is 3.17. The molecule has 1 rings (SSSR count). The van der Waals surface area contributed by atoms with E-state index in [0.717, 1.165) is 0 Å². The van der Waals surface area contributed by atoms with Crippen molar-refractivity contribution in [3.05, 3.63) is 33.8 Å². The zero-order chi connectivity index (χ0) is 12.8. The third-order valence-electron chi connectivity index (χ3n) is 1.85. The highest BCUT2D eigenvalue weighted by molar-refractivity contribution is 6.33. The molecule has 5 nitrogen and oxygen atoms in total. The molecule has 0 spiro atoms. The Morgan fingerprint density at radius 3 is 2.59 bits per heavy atom. The highest BCUT2D eigenvalue weighted by Crippen LogP contribution is 2.20. The highest BCUT2D eigenvalue weighted by Gasteiger charge is 2.05. The van der Waals surface area contributed by atoms with Crippen molar-refractivity contribution in [3.63, 3.8) is 0 Å². The quantitative estimate of drug-likeness (QED) is 0.786. The SMILES string of the molecule is O=C(O)CNC(=O)NCc1cc(Cl)ccc1Cl. The van der Waals surface area contributed by atoms with Crippen LogP contribution in [0.5, 0.6) is 0 Å². The number of hydrogen-bond donors (Lipinski definition) is 3. The van der Waals surface area contributed by atoms with Crippen LogP contribution in [0.15, 0.2) is 18.2 Å². The normalized spacial score (nSPS) is 9.76. The lowest BCUT2D eigenvalue weighted by atomic mass is 10.2. The van der Waals surface area contributed by atoms with E-state index in [0.29, 0.717) is 15.6 Å². The molecule has 0 aliphatic heterocycles. The molecule has 92 valence electrons. The van der Waals surface area contributed by atoms with Gasteiger partial charge in [-0.1, -0.05) is 23.2 Å². The Morgan fingerprint density at radius 1 is 1.24 bits per heavy atom. The fraction of sp³-hybridized carbons (Fsp3) is 0.200. The number of carboxylic acid groups (broad SMARTS) is 1. The van der Waals surface area contributed by atoms with Gasteiger partial charge in [0.05, 0.1) is 0 Å². The summed E-state index contributed by atoms with van der Waals surface area (Å²) in [5.74, 6) is -1.11. The van der Waals surface area contributed by atoms with Crippen molar-refractivity contribution in [2.75, 3.05) is 6.54 Å². The van der Waals surface area contributed by atoms with E-state index in [1.807, 2.05) is 0 Å². The average Bonchev–Trinajstić information content (AvgIpc) is 2.27. The van der Waals surface area contributed by atoms with E-state index in [9.17, 15) is 9.59 Å². The molecule has 17 heavy (non-hydrogen) atoms. The number of carboxylic acids is 1. The number of aliphatic carboxylic acids is 1. The Balaban J connectivity index is 2.47. The minimum atomic E-state index is -1.11. The zero-order valence-corrected chi connectivity index (χ0v) is 10.2. The molecule has 7 heteroatoms. The third kappa shape index (κ3) is 4.93. The largest absolute Gasteiger partial charge is 0.480 e. The zero-order valence-electron chi connectivity index (χ0n) is 8.67. The number of nitrogens with one attached hydrogen (secondary N) is 2. The van der Waals surface area contributed by atoms with Crippen molar-refractivity contribution < 1.29 is 14.7 Å². The molecule has 0 fully saturated rings. The molecule has 0 aromatic heterocycles. The number of amides is 2. The molecule has 3 N–H and O–H groups in total. The summed E-state index contributed by atoms with van der Waals surface area (Å²) in [5, 5.41) is 14.0. The number of urea groups is 1. The number of hydrogen-bond acceptors (Lipinski definition) is 2. The third-order valence-corrected chi connectivity index (χ3v) is 2.45. The smallest absolute Gasteiger partial charge is 0.323 e. The summed E-state index contributed by atoms with van der Waals surface area (Å²) >= 11 is 11.7. The Labute approximate surface area is 108 Å². The maximum absolute atomic E-state index is 11.2. The van der Waals surface area contributed by atoms with Crippen LogP contribution in [-0.4, -0.2) is 23.7 Å². The van der Waals surface area contributed by atoms with Gasteiger partial charge in [-0.25, -0.2) is 4.79 Å². The first kappa shape index (κ1) is 13.6. The van der Waals surface area contributed by atoms with Gasteiger partial charge in [0.25, 0.3) is 0 Å². The van der Waals surface area contributed by atoms with E-state index >= 15 is 0 Å². The topological polar surface area (TPSA) is 78.4 Å². The van der Waals surface area contributed by atoms with E-state index in [-0.39, 0.29) is 6.54 Å². The Kier molecular flexibility index (Phi) is 5.06. The summed E-state index contributed by atoms with van der Waals surface area (Å²) in [4.78, 5) is 21.4. The standard InChI is InChI=1S/C10H10Cl2N2O3/c11-7-1-2-8(12)6(3-7)4-13-10(17)14-5-9(15)16/h1-3H,4-5H2,(H,15,16)(H2,13,14,17). The fourth-order valence-corrected chi connectivity index (χ4v) is 1.45. The first-order valence-electron chi connectivity index (χ1n) is 4.66. The van der Waals surface area contributed by atoms with Crippen molar-refractivity contribution in [2.45, 2.75) is 6.54 Å². The van der Waals surface area contributed by atoms with Gasteiger partial charge in [-0.3, -0.25) is 4.79 Å². The minimum Gasteiger partial charge on any atom is -0.480 e. The van der Waals surface area contributed by atoms with Crippen molar-refractivity contribution >= 4 is 35.2 Å². The van der Waals surface area contributed by atoms with Crippen LogP contribution >= 0.6 is 23.2 Å². The molecule has 0 saturated heterocycles. The second-order valence-corrected chi connectivity index (χ2v) is 4.01. The highest BCUT2D eigenvalue weighted by atomic mass is 35.5. The van der Waals surface area contributed by atoms with E-state index in [4.69, 9.17) is 28.3 Å². The number of carbonyl (C=O) groups is 2. The molecule has 2 amide bonds. The molecule has 0 radical (unpaired) electrons. The van der Waals surface area contributed by atoms with Gasteiger partial charge in [-0.15, -0.1) is 0 Å². The molecular weight excluding hydrogens is 267 g/mol. The predicted molar refractivity (Wildman–Crippen MR) is 64.3 cm³/mol. The summed E-state index contributed by atoms with van der Waals surface area (Å²) < 4.78 is 0. The fourth-order valence-electron chi connectivity index (χ4n) is 1.07. The summed E-state index contributed by atoms with van der Waals surface area (Å²) in [6.07, 6.45) is 0. The summed E-state index contributed by atoms with van der Waals surface area (Å²) in [5.41, 5.74) is 0.657. The molecule has 0 aliphatic carbocycles.